The standard InChI is InChI=1S/C19H34N4O.ClH/c1-13(2)11-23-15(4)16(14(3)21-23)7-8-18(24)22-10-9-17(20)19(5,6)12-22;/h13,17H,7-12,20H2,1-6H3;1H. The molecule has 0 aliphatic carbocycles. The zero-order chi connectivity index (χ0) is 18.1. The fourth-order valence-electron chi connectivity index (χ4n) is 3.60. The molecule has 5 nitrogen and oxygen atoms in total. The monoisotopic (exact) mass is 370 g/mol. The van der Waals surface area contributed by atoms with Crippen LogP contribution in [0.3, 0.4) is 0 Å². The Kier molecular flexibility index (Phi) is 7.51. The van der Waals surface area contributed by atoms with Crippen molar-refractivity contribution in [3.05, 3.63) is 17.0 Å². The molecule has 0 aromatic carbocycles. The molecule has 1 unspecified atom stereocenters. The maximum absolute atomic E-state index is 12.6. The molecule has 1 fully saturated rings. The molecule has 2 rings (SSSR count). The molecule has 144 valence electrons. The number of nitrogens with zero attached hydrogens (tertiary/aromatic N) is 3. The molecule has 1 aliphatic rings. The number of carbonyl (C=O) groups excluding carboxylic acids is 1. The topological polar surface area (TPSA) is 64.2 Å². The van der Waals surface area contributed by atoms with Crippen LogP contribution in [0.5, 0.6) is 0 Å². The maximum atomic E-state index is 12.6. The second kappa shape index (κ2) is 8.54. The molecule has 0 radical (unpaired) electrons. The van der Waals surface area contributed by atoms with Gasteiger partial charge in [0.2, 0.25) is 5.91 Å². The van der Waals surface area contributed by atoms with E-state index in [-0.39, 0.29) is 29.8 Å². The van der Waals surface area contributed by atoms with Crippen LogP contribution < -0.4 is 5.73 Å². The van der Waals surface area contributed by atoms with Crippen LogP contribution in [0.25, 0.3) is 0 Å². The smallest absolute Gasteiger partial charge is 0.222 e. The van der Waals surface area contributed by atoms with Crippen molar-refractivity contribution in [2.24, 2.45) is 17.1 Å². The first-order valence-corrected chi connectivity index (χ1v) is 9.18. The first kappa shape index (κ1) is 22.0. The maximum Gasteiger partial charge on any atom is 0.222 e. The molecule has 6 heteroatoms. The molecule has 1 atom stereocenters. The molecule has 1 aromatic rings. The van der Waals surface area contributed by atoms with Gasteiger partial charge in [-0.15, -0.1) is 12.4 Å². The molecule has 0 saturated carbocycles. The summed E-state index contributed by atoms with van der Waals surface area (Å²) in [5.74, 6) is 0.808. The van der Waals surface area contributed by atoms with E-state index in [4.69, 9.17) is 5.73 Å². The molecule has 0 bridgehead atoms. The van der Waals surface area contributed by atoms with Crippen LogP contribution in [0.4, 0.5) is 0 Å². The summed E-state index contributed by atoms with van der Waals surface area (Å²) in [6.07, 6.45) is 2.22. The Hall–Kier alpha value is -1.07. The van der Waals surface area contributed by atoms with E-state index >= 15 is 0 Å². The molecule has 1 aromatic heterocycles. The molecule has 1 saturated heterocycles. The van der Waals surface area contributed by atoms with Gasteiger partial charge in [-0.05, 0) is 43.6 Å². The van der Waals surface area contributed by atoms with Gasteiger partial charge in [-0.3, -0.25) is 9.48 Å². The third-order valence-electron chi connectivity index (χ3n) is 5.32. The number of amides is 1. The van der Waals surface area contributed by atoms with E-state index in [0.29, 0.717) is 12.3 Å². The SMILES string of the molecule is Cc1nn(CC(C)C)c(C)c1CCC(=O)N1CCC(N)C(C)(C)C1.Cl. The average molecular weight is 371 g/mol. The highest BCUT2D eigenvalue weighted by Gasteiger charge is 2.35. The summed E-state index contributed by atoms with van der Waals surface area (Å²) in [5, 5.41) is 4.65. The van der Waals surface area contributed by atoms with E-state index in [0.717, 1.165) is 38.2 Å². The summed E-state index contributed by atoms with van der Waals surface area (Å²) in [6.45, 7) is 15.3. The number of carbonyl (C=O) groups is 1. The Morgan fingerprint density at radius 3 is 2.56 bits per heavy atom. The van der Waals surface area contributed by atoms with Crippen LogP contribution in [0, 0.1) is 25.2 Å². The van der Waals surface area contributed by atoms with Crippen molar-refractivity contribution in [2.75, 3.05) is 13.1 Å². The van der Waals surface area contributed by atoms with E-state index in [9.17, 15) is 4.79 Å². The van der Waals surface area contributed by atoms with Crippen LogP contribution >= 0.6 is 12.4 Å². The Bertz CT molecular complexity index is 594. The number of aryl methyl sites for hydroxylation is 1. The molecule has 0 spiro atoms. The highest BCUT2D eigenvalue weighted by Crippen LogP contribution is 2.28. The minimum atomic E-state index is 0. The Morgan fingerprint density at radius 2 is 2.00 bits per heavy atom. The van der Waals surface area contributed by atoms with Gasteiger partial charge in [0.25, 0.3) is 0 Å². The number of piperidine rings is 1. The van der Waals surface area contributed by atoms with Crippen molar-refractivity contribution < 1.29 is 4.79 Å². The van der Waals surface area contributed by atoms with Gasteiger partial charge in [-0.1, -0.05) is 27.7 Å². The second-order valence-electron chi connectivity index (χ2n) is 8.42. The summed E-state index contributed by atoms with van der Waals surface area (Å²) in [5.41, 5.74) is 9.67. The Labute approximate surface area is 158 Å². The lowest BCUT2D eigenvalue weighted by molar-refractivity contribution is -0.134. The first-order chi connectivity index (χ1) is 11.1. The van der Waals surface area contributed by atoms with Crippen molar-refractivity contribution in [3.8, 4) is 0 Å². The summed E-state index contributed by atoms with van der Waals surface area (Å²) in [6, 6.07) is 0.181. The quantitative estimate of drug-likeness (QED) is 0.866. The summed E-state index contributed by atoms with van der Waals surface area (Å²) in [4.78, 5) is 14.6. The van der Waals surface area contributed by atoms with E-state index in [2.05, 4.69) is 44.4 Å². The average Bonchev–Trinajstić information content (AvgIpc) is 2.73. The van der Waals surface area contributed by atoms with Crippen LogP contribution in [0.15, 0.2) is 0 Å². The van der Waals surface area contributed by atoms with Gasteiger partial charge in [0.15, 0.2) is 0 Å². The van der Waals surface area contributed by atoms with E-state index in [1.54, 1.807) is 0 Å². The van der Waals surface area contributed by atoms with Gasteiger partial charge in [0.1, 0.15) is 0 Å². The molecule has 2 heterocycles. The zero-order valence-electron chi connectivity index (χ0n) is 16.6. The van der Waals surface area contributed by atoms with Gasteiger partial charge in [-0.25, -0.2) is 0 Å². The molecular weight excluding hydrogens is 336 g/mol. The number of rotatable bonds is 5. The molecular formula is C19H35ClN4O. The first-order valence-electron chi connectivity index (χ1n) is 9.18. The second-order valence-corrected chi connectivity index (χ2v) is 8.42. The normalized spacial score (nSPS) is 19.8. The lowest BCUT2D eigenvalue weighted by Crippen LogP contribution is -2.54. The number of aromatic nitrogens is 2. The van der Waals surface area contributed by atoms with Gasteiger partial charge >= 0.3 is 0 Å². The van der Waals surface area contributed by atoms with Gasteiger partial charge in [-0.2, -0.15) is 5.10 Å². The van der Waals surface area contributed by atoms with Crippen molar-refractivity contribution in [1.82, 2.24) is 14.7 Å². The van der Waals surface area contributed by atoms with E-state index in [1.807, 2.05) is 11.8 Å². The van der Waals surface area contributed by atoms with Crippen molar-refractivity contribution in [1.29, 1.82) is 0 Å². The number of likely N-dealkylation sites (tertiary alicyclic amines) is 1. The Morgan fingerprint density at radius 1 is 1.36 bits per heavy atom. The van der Waals surface area contributed by atoms with Crippen LogP contribution in [-0.2, 0) is 17.8 Å². The predicted molar refractivity (Wildman–Crippen MR) is 105 cm³/mol. The lowest BCUT2D eigenvalue weighted by atomic mass is 9.79. The number of hydrogen-bond donors (Lipinski definition) is 1. The predicted octanol–water partition coefficient (Wildman–Crippen LogP) is 3.10. The van der Waals surface area contributed by atoms with Crippen LogP contribution in [-0.4, -0.2) is 39.7 Å². The zero-order valence-corrected chi connectivity index (χ0v) is 17.4. The van der Waals surface area contributed by atoms with Crippen molar-refractivity contribution >= 4 is 18.3 Å². The van der Waals surface area contributed by atoms with Gasteiger partial charge in [0, 0.05) is 37.8 Å². The fraction of sp³-hybridized carbons (Fsp3) is 0.789. The van der Waals surface area contributed by atoms with Crippen LogP contribution in [0.2, 0.25) is 0 Å². The van der Waals surface area contributed by atoms with Gasteiger partial charge < -0.3 is 10.6 Å². The lowest BCUT2D eigenvalue weighted by Gasteiger charge is -2.42. The summed E-state index contributed by atoms with van der Waals surface area (Å²) < 4.78 is 2.09. The number of halogens is 1. The summed E-state index contributed by atoms with van der Waals surface area (Å²) >= 11 is 0. The highest BCUT2D eigenvalue weighted by atomic mass is 35.5. The highest BCUT2D eigenvalue weighted by molar-refractivity contribution is 5.85. The molecule has 25 heavy (non-hydrogen) atoms. The number of hydrogen-bond acceptors (Lipinski definition) is 3. The fourth-order valence-corrected chi connectivity index (χ4v) is 3.60. The van der Waals surface area contributed by atoms with Crippen LogP contribution in [0.1, 0.15) is 57.5 Å². The minimum absolute atomic E-state index is 0. The number of nitrogens with two attached hydrogens (primary N) is 1. The van der Waals surface area contributed by atoms with E-state index in [1.165, 1.54) is 11.3 Å². The third kappa shape index (κ3) is 5.20. The van der Waals surface area contributed by atoms with Crippen molar-refractivity contribution in [2.45, 2.75) is 73.4 Å². The Balaban J connectivity index is 0.00000312. The molecule has 1 aliphatic heterocycles. The molecule has 1 amide bonds. The van der Waals surface area contributed by atoms with Crippen molar-refractivity contribution in [3.63, 3.8) is 0 Å². The molecule has 2 N–H and O–H groups in total. The van der Waals surface area contributed by atoms with E-state index < -0.39 is 0 Å². The minimum Gasteiger partial charge on any atom is -0.342 e. The third-order valence-corrected chi connectivity index (χ3v) is 5.32. The summed E-state index contributed by atoms with van der Waals surface area (Å²) in [7, 11) is 0. The largest absolute Gasteiger partial charge is 0.342 e. The van der Waals surface area contributed by atoms with Gasteiger partial charge in [0.05, 0.1) is 5.69 Å².